The lowest BCUT2D eigenvalue weighted by Crippen LogP contribution is -2.12. The van der Waals surface area contributed by atoms with Crippen molar-refractivity contribution in [3.8, 4) is 0 Å². The number of hydrogen-bond donors (Lipinski definition) is 0. The Kier molecular flexibility index (Phi) is 3.56. The molecule has 0 amide bonds. The molecule has 4 nitrogen and oxygen atoms in total. The lowest BCUT2D eigenvalue weighted by Gasteiger charge is -2.05. The van der Waals surface area contributed by atoms with Crippen molar-refractivity contribution in [1.82, 2.24) is 9.97 Å². The molecule has 0 spiro atoms. The third-order valence-corrected chi connectivity index (χ3v) is 1.67. The molecule has 1 heterocycles. The zero-order valence-electron chi connectivity index (χ0n) is 8.65. The van der Waals surface area contributed by atoms with Gasteiger partial charge in [-0.15, -0.1) is 0 Å². The molecule has 1 rings (SSSR count). The maximum atomic E-state index is 11.1. The van der Waals surface area contributed by atoms with Gasteiger partial charge < -0.3 is 4.74 Å². The molecule has 0 aliphatic rings. The normalized spacial score (nSPS) is 10.3. The lowest BCUT2D eigenvalue weighted by atomic mass is 10.2. The largest absolute Gasteiger partial charge is 0.459 e. The maximum absolute atomic E-state index is 11.1. The molecule has 0 bridgehead atoms. The van der Waals surface area contributed by atoms with Crippen molar-refractivity contribution >= 4 is 5.97 Å². The number of rotatable bonds is 3. The molecule has 0 saturated carbocycles. The summed E-state index contributed by atoms with van der Waals surface area (Å²) >= 11 is 0. The highest BCUT2D eigenvalue weighted by Crippen LogP contribution is 2.01. The third kappa shape index (κ3) is 3.12. The molecule has 76 valence electrons. The first kappa shape index (κ1) is 10.6. The number of esters is 1. The minimum absolute atomic E-state index is 0.103. The lowest BCUT2D eigenvalue weighted by molar-refractivity contribution is -0.148. The Hall–Kier alpha value is -1.45. The number of ether oxygens (including phenoxy) is 1. The highest BCUT2D eigenvalue weighted by molar-refractivity contribution is 5.71. The minimum Gasteiger partial charge on any atom is -0.459 e. The van der Waals surface area contributed by atoms with Gasteiger partial charge in [0.05, 0.1) is 23.5 Å². The Morgan fingerprint density at radius 1 is 1.43 bits per heavy atom. The number of carbonyl (C=O) groups is 1. The minimum atomic E-state index is -0.215. The Morgan fingerprint density at radius 2 is 2.14 bits per heavy atom. The predicted octanol–water partition coefficient (Wildman–Crippen LogP) is 1.48. The van der Waals surface area contributed by atoms with Crippen LogP contribution in [-0.4, -0.2) is 15.9 Å². The fraction of sp³-hybridized carbons (Fsp3) is 0.500. The average molecular weight is 194 g/mol. The zero-order chi connectivity index (χ0) is 10.6. The molecule has 0 aliphatic carbocycles. The van der Waals surface area contributed by atoms with Gasteiger partial charge in [-0.1, -0.05) is 13.8 Å². The molecular formula is C10H14N2O2. The van der Waals surface area contributed by atoms with E-state index in [1.807, 2.05) is 6.92 Å². The van der Waals surface area contributed by atoms with E-state index in [1.54, 1.807) is 26.2 Å². The highest BCUT2D eigenvalue weighted by atomic mass is 16.5. The summed E-state index contributed by atoms with van der Waals surface area (Å²) in [6.45, 7) is 5.65. The van der Waals surface area contributed by atoms with E-state index in [9.17, 15) is 4.79 Å². The van der Waals surface area contributed by atoms with Gasteiger partial charge in [0.1, 0.15) is 6.61 Å². The molecule has 0 aliphatic heterocycles. The van der Waals surface area contributed by atoms with E-state index in [2.05, 4.69) is 9.97 Å². The van der Waals surface area contributed by atoms with Crippen LogP contribution in [0.4, 0.5) is 0 Å². The first-order chi connectivity index (χ1) is 6.59. The van der Waals surface area contributed by atoms with Crippen molar-refractivity contribution < 1.29 is 9.53 Å². The summed E-state index contributed by atoms with van der Waals surface area (Å²) in [5.41, 5.74) is 1.52. The second-order valence-corrected chi connectivity index (χ2v) is 3.41. The Morgan fingerprint density at radius 3 is 2.64 bits per heavy atom. The average Bonchev–Trinajstić information content (AvgIpc) is 2.16. The van der Waals surface area contributed by atoms with Crippen LogP contribution in [0.25, 0.3) is 0 Å². The number of carbonyl (C=O) groups excluding carboxylic acids is 1. The van der Waals surface area contributed by atoms with Gasteiger partial charge in [0.2, 0.25) is 0 Å². The molecule has 0 saturated heterocycles. The van der Waals surface area contributed by atoms with E-state index < -0.39 is 0 Å². The summed E-state index contributed by atoms with van der Waals surface area (Å²) in [4.78, 5) is 19.2. The van der Waals surface area contributed by atoms with Crippen LogP contribution in [0.2, 0.25) is 0 Å². The highest BCUT2D eigenvalue weighted by Gasteiger charge is 2.08. The van der Waals surface area contributed by atoms with Gasteiger partial charge in [-0.2, -0.15) is 0 Å². The van der Waals surface area contributed by atoms with Gasteiger partial charge in [0.15, 0.2) is 0 Å². The standard InChI is InChI=1S/C10H14N2O2/c1-7(2)10(13)14-6-9-5-11-8(3)4-12-9/h4-5,7H,6H2,1-3H3. The van der Waals surface area contributed by atoms with E-state index >= 15 is 0 Å². The number of aryl methyl sites for hydroxylation is 1. The second kappa shape index (κ2) is 4.69. The van der Waals surface area contributed by atoms with E-state index in [-0.39, 0.29) is 18.5 Å². The third-order valence-electron chi connectivity index (χ3n) is 1.67. The molecule has 0 N–H and O–H groups in total. The zero-order valence-corrected chi connectivity index (χ0v) is 8.65. The molecule has 1 aromatic rings. The fourth-order valence-electron chi connectivity index (χ4n) is 0.806. The monoisotopic (exact) mass is 194 g/mol. The van der Waals surface area contributed by atoms with Gasteiger partial charge in [0.25, 0.3) is 0 Å². The summed E-state index contributed by atoms with van der Waals surface area (Å²) in [7, 11) is 0. The van der Waals surface area contributed by atoms with Gasteiger partial charge in [-0.3, -0.25) is 14.8 Å². The van der Waals surface area contributed by atoms with Crippen LogP contribution >= 0.6 is 0 Å². The number of nitrogens with zero attached hydrogens (tertiary/aromatic N) is 2. The van der Waals surface area contributed by atoms with Crippen molar-refractivity contribution in [2.45, 2.75) is 27.4 Å². The van der Waals surface area contributed by atoms with Crippen molar-refractivity contribution in [2.75, 3.05) is 0 Å². The first-order valence-electron chi connectivity index (χ1n) is 4.53. The van der Waals surface area contributed by atoms with Crippen LogP contribution in [0, 0.1) is 12.8 Å². The van der Waals surface area contributed by atoms with Crippen molar-refractivity contribution in [1.29, 1.82) is 0 Å². The molecule has 0 unspecified atom stereocenters. The Bertz CT molecular complexity index is 306. The van der Waals surface area contributed by atoms with Crippen molar-refractivity contribution in [2.24, 2.45) is 5.92 Å². The van der Waals surface area contributed by atoms with Gasteiger partial charge in [-0.05, 0) is 6.92 Å². The SMILES string of the molecule is Cc1cnc(COC(=O)C(C)C)cn1. The Balaban J connectivity index is 2.46. The van der Waals surface area contributed by atoms with Crippen LogP contribution in [0.3, 0.4) is 0 Å². The van der Waals surface area contributed by atoms with Crippen LogP contribution in [0.1, 0.15) is 25.2 Å². The second-order valence-electron chi connectivity index (χ2n) is 3.41. The molecule has 0 fully saturated rings. The Labute approximate surface area is 83.3 Å². The van der Waals surface area contributed by atoms with Gasteiger partial charge in [0, 0.05) is 6.20 Å². The first-order valence-corrected chi connectivity index (χ1v) is 4.53. The van der Waals surface area contributed by atoms with E-state index in [4.69, 9.17) is 4.74 Å². The van der Waals surface area contributed by atoms with Crippen LogP contribution < -0.4 is 0 Å². The molecular weight excluding hydrogens is 180 g/mol. The maximum Gasteiger partial charge on any atom is 0.308 e. The smallest absolute Gasteiger partial charge is 0.308 e. The molecule has 1 aromatic heterocycles. The predicted molar refractivity (Wildman–Crippen MR) is 51.4 cm³/mol. The number of aromatic nitrogens is 2. The van der Waals surface area contributed by atoms with Crippen LogP contribution in [0.15, 0.2) is 12.4 Å². The molecule has 0 radical (unpaired) electrons. The quantitative estimate of drug-likeness (QED) is 0.684. The van der Waals surface area contributed by atoms with Crippen molar-refractivity contribution in [3.63, 3.8) is 0 Å². The van der Waals surface area contributed by atoms with Gasteiger partial charge >= 0.3 is 5.97 Å². The fourth-order valence-corrected chi connectivity index (χ4v) is 0.806. The summed E-state index contributed by atoms with van der Waals surface area (Å²) in [5.74, 6) is -0.319. The van der Waals surface area contributed by atoms with E-state index in [1.165, 1.54) is 0 Å². The van der Waals surface area contributed by atoms with Gasteiger partial charge in [-0.25, -0.2) is 0 Å². The molecule has 0 atom stereocenters. The molecule has 4 heteroatoms. The molecule has 0 aromatic carbocycles. The van der Waals surface area contributed by atoms with Crippen molar-refractivity contribution in [3.05, 3.63) is 23.8 Å². The van der Waals surface area contributed by atoms with Crippen LogP contribution in [0.5, 0.6) is 0 Å². The summed E-state index contributed by atoms with van der Waals surface area (Å²) in [6.07, 6.45) is 3.27. The number of hydrogen-bond acceptors (Lipinski definition) is 4. The summed E-state index contributed by atoms with van der Waals surface area (Å²) in [5, 5.41) is 0. The molecule has 14 heavy (non-hydrogen) atoms. The van der Waals surface area contributed by atoms with Crippen LogP contribution in [-0.2, 0) is 16.1 Å². The summed E-state index contributed by atoms with van der Waals surface area (Å²) in [6, 6.07) is 0. The summed E-state index contributed by atoms with van der Waals surface area (Å²) < 4.78 is 4.99. The van der Waals surface area contributed by atoms with E-state index in [0.717, 1.165) is 5.69 Å². The topological polar surface area (TPSA) is 52.1 Å². The van der Waals surface area contributed by atoms with E-state index in [0.29, 0.717) is 5.69 Å².